The summed E-state index contributed by atoms with van der Waals surface area (Å²) in [5.41, 5.74) is 7.49. The number of hydrogen-bond donors (Lipinski definition) is 0. The molecule has 1 heterocycles. The smallest absolute Gasteiger partial charge is 0.0540 e. The number of hydrogen-bond acceptors (Lipinski definition) is 0. The lowest BCUT2D eigenvalue weighted by molar-refractivity contribution is 1.13. The van der Waals surface area contributed by atoms with E-state index in [0.29, 0.717) is 0 Å². The summed E-state index contributed by atoms with van der Waals surface area (Å²) in [5.74, 6) is 0. The van der Waals surface area contributed by atoms with Crippen LogP contribution < -0.4 is 0 Å². The van der Waals surface area contributed by atoms with Gasteiger partial charge in [0.2, 0.25) is 0 Å². The van der Waals surface area contributed by atoms with Crippen molar-refractivity contribution >= 4 is 10.9 Å². The second-order valence-electron chi connectivity index (χ2n) is 6.13. The zero-order valence-corrected chi connectivity index (χ0v) is 13.5. The molecule has 0 fully saturated rings. The van der Waals surface area contributed by atoms with E-state index in [-0.39, 0.29) is 0 Å². The molecule has 23 heavy (non-hydrogen) atoms. The van der Waals surface area contributed by atoms with Crippen molar-refractivity contribution in [2.24, 2.45) is 0 Å². The average Bonchev–Trinajstić information content (AvgIpc) is 2.95. The zero-order chi connectivity index (χ0) is 15.8. The van der Waals surface area contributed by atoms with Gasteiger partial charge in [0.1, 0.15) is 0 Å². The van der Waals surface area contributed by atoms with Crippen LogP contribution in [0.2, 0.25) is 0 Å². The largest absolute Gasteiger partial charge is 0.309 e. The van der Waals surface area contributed by atoms with Crippen molar-refractivity contribution in [2.45, 2.75) is 13.8 Å². The van der Waals surface area contributed by atoms with Crippen LogP contribution in [-0.2, 0) is 0 Å². The molecule has 3 aromatic carbocycles. The Kier molecular flexibility index (Phi) is 3.27. The Hall–Kier alpha value is -2.80. The second-order valence-corrected chi connectivity index (χ2v) is 6.13. The molecule has 0 saturated carbocycles. The lowest BCUT2D eigenvalue weighted by Gasteiger charge is -2.12. The first-order valence-electron chi connectivity index (χ1n) is 7.97. The number of fused-ring (bicyclic) bond motifs is 1. The van der Waals surface area contributed by atoms with E-state index in [4.69, 9.17) is 0 Å². The van der Waals surface area contributed by atoms with E-state index in [1.54, 1.807) is 0 Å². The highest BCUT2D eigenvalue weighted by molar-refractivity contribution is 5.89. The van der Waals surface area contributed by atoms with Crippen molar-refractivity contribution in [1.29, 1.82) is 0 Å². The molecule has 0 radical (unpaired) electrons. The number of aromatic nitrogens is 1. The van der Waals surface area contributed by atoms with Gasteiger partial charge >= 0.3 is 0 Å². The third-order valence-corrected chi connectivity index (χ3v) is 4.32. The minimum atomic E-state index is 1.20. The maximum absolute atomic E-state index is 2.35. The van der Waals surface area contributed by atoms with Gasteiger partial charge in [-0.25, -0.2) is 0 Å². The highest BCUT2D eigenvalue weighted by Crippen LogP contribution is 2.32. The lowest BCUT2D eigenvalue weighted by atomic mass is 10.1. The summed E-state index contributed by atoms with van der Waals surface area (Å²) in [6, 6.07) is 28.3. The number of nitrogens with zero attached hydrogens (tertiary/aromatic N) is 1. The normalized spacial score (nSPS) is 11.0. The van der Waals surface area contributed by atoms with Crippen LogP contribution in [0.5, 0.6) is 0 Å². The molecular formula is C22H19N. The van der Waals surface area contributed by atoms with Crippen LogP contribution in [0, 0.1) is 13.8 Å². The topological polar surface area (TPSA) is 4.93 Å². The summed E-state index contributed by atoms with van der Waals surface area (Å²) in [5, 5.41) is 1.28. The highest BCUT2D eigenvalue weighted by Gasteiger charge is 2.12. The second kappa shape index (κ2) is 5.44. The molecular weight excluding hydrogens is 278 g/mol. The van der Waals surface area contributed by atoms with Gasteiger partial charge in [-0.2, -0.15) is 0 Å². The predicted molar refractivity (Wildman–Crippen MR) is 98.2 cm³/mol. The molecule has 0 aliphatic carbocycles. The van der Waals surface area contributed by atoms with Crippen molar-refractivity contribution in [3.8, 4) is 16.9 Å². The number of benzene rings is 3. The Bertz CT molecular complexity index is 960. The van der Waals surface area contributed by atoms with E-state index in [2.05, 4.69) is 97.3 Å². The standard InChI is InChI=1S/C22H19N/c1-16-8-11-20(12-9-16)23-21-13-10-17(2)14-19(21)15-22(23)18-6-4-3-5-7-18/h3-15H,1-2H3. The third kappa shape index (κ3) is 2.44. The molecule has 1 aromatic heterocycles. The van der Waals surface area contributed by atoms with Crippen LogP contribution in [0.15, 0.2) is 78.9 Å². The van der Waals surface area contributed by atoms with E-state index in [9.17, 15) is 0 Å². The fourth-order valence-corrected chi connectivity index (χ4v) is 3.13. The van der Waals surface area contributed by atoms with Crippen LogP contribution in [-0.4, -0.2) is 4.57 Å². The fraction of sp³-hybridized carbons (Fsp3) is 0.0909. The van der Waals surface area contributed by atoms with Crippen molar-refractivity contribution < 1.29 is 0 Å². The van der Waals surface area contributed by atoms with Gasteiger partial charge in [0.25, 0.3) is 0 Å². The number of rotatable bonds is 2. The van der Waals surface area contributed by atoms with Crippen molar-refractivity contribution in [3.05, 3.63) is 90.0 Å². The molecule has 4 aromatic rings. The molecule has 112 valence electrons. The molecule has 0 saturated heterocycles. The molecule has 0 unspecified atom stereocenters. The van der Waals surface area contributed by atoms with Crippen LogP contribution in [0.3, 0.4) is 0 Å². The van der Waals surface area contributed by atoms with Crippen LogP contribution >= 0.6 is 0 Å². The minimum Gasteiger partial charge on any atom is -0.309 e. The van der Waals surface area contributed by atoms with Gasteiger partial charge < -0.3 is 4.57 Å². The van der Waals surface area contributed by atoms with Gasteiger partial charge in [0.05, 0.1) is 11.2 Å². The zero-order valence-electron chi connectivity index (χ0n) is 13.5. The Balaban J connectivity index is 2.05. The van der Waals surface area contributed by atoms with Crippen LogP contribution in [0.1, 0.15) is 11.1 Å². The molecule has 0 aliphatic rings. The predicted octanol–water partition coefficient (Wildman–Crippen LogP) is 5.91. The summed E-state index contributed by atoms with van der Waals surface area (Å²) in [6.07, 6.45) is 0. The molecule has 1 nitrogen and oxygen atoms in total. The first-order valence-corrected chi connectivity index (χ1v) is 7.97. The first kappa shape index (κ1) is 13.8. The summed E-state index contributed by atoms with van der Waals surface area (Å²) in [6.45, 7) is 4.27. The van der Waals surface area contributed by atoms with Crippen molar-refractivity contribution in [3.63, 3.8) is 0 Å². The molecule has 0 amide bonds. The number of aryl methyl sites for hydroxylation is 2. The van der Waals surface area contributed by atoms with Gasteiger partial charge in [-0.05, 0) is 49.7 Å². The maximum atomic E-state index is 2.35. The summed E-state index contributed by atoms with van der Waals surface area (Å²) in [7, 11) is 0. The first-order chi connectivity index (χ1) is 11.2. The SMILES string of the molecule is Cc1ccc(-n2c(-c3ccccc3)cc3cc(C)ccc32)cc1. The summed E-state index contributed by atoms with van der Waals surface area (Å²) >= 11 is 0. The fourth-order valence-electron chi connectivity index (χ4n) is 3.13. The van der Waals surface area contributed by atoms with E-state index in [1.807, 2.05) is 0 Å². The Morgan fingerprint density at radius 1 is 0.652 bits per heavy atom. The van der Waals surface area contributed by atoms with E-state index in [0.717, 1.165) is 0 Å². The maximum Gasteiger partial charge on any atom is 0.0540 e. The van der Waals surface area contributed by atoms with Crippen LogP contribution in [0.4, 0.5) is 0 Å². The van der Waals surface area contributed by atoms with Gasteiger partial charge in [-0.1, -0.05) is 59.7 Å². The van der Waals surface area contributed by atoms with E-state index >= 15 is 0 Å². The Morgan fingerprint density at radius 2 is 1.35 bits per heavy atom. The molecule has 0 bridgehead atoms. The summed E-state index contributed by atoms with van der Waals surface area (Å²) in [4.78, 5) is 0. The summed E-state index contributed by atoms with van der Waals surface area (Å²) < 4.78 is 2.35. The van der Waals surface area contributed by atoms with Gasteiger partial charge in [-0.15, -0.1) is 0 Å². The van der Waals surface area contributed by atoms with E-state index in [1.165, 1.54) is 39.0 Å². The highest BCUT2D eigenvalue weighted by atomic mass is 15.0. The molecule has 0 atom stereocenters. The molecule has 0 N–H and O–H groups in total. The Labute approximate surface area is 136 Å². The molecule has 4 rings (SSSR count). The minimum absolute atomic E-state index is 1.20. The van der Waals surface area contributed by atoms with Crippen molar-refractivity contribution in [2.75, 3.05) is 0 Å². The average molecular weight is 297 g/mol. The Morgan fingerprint density at radius 3 is 2.09 bits per heavy atom. The monoisotopic (exact) mass is 297 g/mol. The lowest BCUT2D eigenvalue weighted by Crippen LogP contribution is -1.96. The van der Waals surface area contributed by atoms with Crippen molar-refractivity contribution in [1.82, 2.24) is 4.57 Å². The molecule has 0 spiro atoms. The molecule has 1 heteroatoms. The van der Waals surface area contributed by atoms with Gasteiger partial charge in [0, 0.05) is 11.1 Å². The quantitative estimate of drug-likeness (QED) is 0.433. The van der Waals surface area contributed by atoms with Crippen LogP contribution in [0.25, 0.3) is 27.8 Å². The van der Waals surface area contributed by atoms with Gasteiger partial charge in [-0.3, -0.25) is 0 Å². The third-order valence-electron chi connectivity index (χ3n) is 4.32. The van der Waals surface area contributed by atoms with E-state index < -0.39 is 0 Å². The van der Waals surface area contributed by atoms with Gasteiger partial charge in [0.15, 0.2) is 0 Å². The molecule has 0 aliphatic heterocycles.